The molecule has 1 fully saturated rings. The van der Waals surface area contributed by atoms with Crippen LogP contribution in [0.4, 0.5) is 10.3 Å². The Kier molecular flexibility index (Phi) is 3.74. The minimum atomic E-state index is -0.314. The van der Waals surface area contributed by atoms with E-state index in [1.165, 1.54) is 25.0 Å². The minimum Gasteiger partial charge on any atom is -0.441 e. The van der Waals surface area contributed by atoms with Gasteiger partial charge >= 0.3 is 0 Å². The summed E-state index contributed by atoms with van der Waals surface area (Å²) in [5.74, 6) is 1.17. The first-order valence-electron chi connectivity index (χ1n) is 6.99. The van der Waals surface area contributed by atoms with Gasteiger partial charge in [0.1, 0.15) is 11.6 Å². The molecule has 0 bridgehead atoms. The molecule has 106 valence electrons. The summed E-state index contributed by atoms with van der Waals surface area (Å²) in [5, 5.41) is 9.26. The van der Waals surface area contributed by atoms with Gasteiger partial charge in [-0.15, -0.1) is 0 Å². The lowest BCUT2D eigenvalue weighted by molar-refractivity contribution is 0.548. The van der Waals surface area contributed by atoms with Gasteiger partial charge in [0.2, 0.25) is 0 Å². The Morgan fingerprint density at radius 3 is 2.52 bits per heavy atom. The van der Waals surface area contributed by atoms with E-state index in [1.807, 2.05) is 12.1 Å². The maximum absolute atomic E-state index is 12.9. The number of hydrogen-bond donors (Lipinski definition) is 0. The number of hydrogen-bond acceptors (Lipinski definition) is 3. The van der Waals surface area contributed by atoms with Gasteiger partial charge in [0.05, 0.1) is 11.6 Å². The van der Waals surface area contributed by atoms with Gasteiger partial charge in [0, 0.05) is 19.2 Å². The van der Waals surface area contributed by atoms with Crippen molar-refractivity contribution < 1.29 is 8.81 Å². The fraction of sp³-hybridized carbons (Fsp3) is 0.235. The van der Waals surface area contributed by atoms with Crippen LogP contribution in [0.15, 0.2) is 40.8 Å². The summed E-state index contributed by atoms with van der Waals surface area (Å²) >= 11 is 0. The van der Waals surface area contributed by atoms with Crippen molar-refractivity contribution in [1.29, 1.82) is 5.26 Å². The third kappa shape index (κ3) is 2.97. The predicted molar refractivity (Wildman–Crippen MR) is 80.0 cm³/mol. The second-order valence-electron chi connectivity index (χ2n) is 5.05. The third-order valence-electron chi connectivity index (χ3n) is 3.59. The summed E-state index contributed by atoms with van der Waals surface area (Å²) in [6, 6.07) is 11.8. The van der Waals surface area contributed by atoms with Crippen LogP contribution in [0, 0.1) is 17.1 Å². The van der Waals surface area contributed by atoms with Crippen molar-refractivity contribution in [2.45, 2.75) is 12.8 Å². The Bertz CT molecular complexity index is 688. The van der Waals surface area contributed by atoms with Crippen LogP contribution in [-0.4, -0.2) is 13.1 Å². The van der Waals surface area contributed by atoms with E-state index < -0.39 is 0 Å². The predicted octanol–water partition coefficient (Wildman–Crippen LogP) is 4.08. The molecule has 4 heteroatoms. The highest BCUT2D eigenvalue weighted by Crippen LogP contribution is 2.25. The molecule has 0 spiro atoms. The molecule has 3 nitrogen and oxygen atoms in total. The molecule has 2 aromatic rings. The van der Waals surface area contributed by atoms with Crippen molar-refractivity contribution in [3.8, 4) is 6.07 Å². The van der Waals surface area contributed by atoms with Crippen LogP contribution in [0.1, 0.15) is 24.2 Å². The zero-order valence-electron chi connectivity index (χ0n) is 11.6. The fourth-order valence-electron chi connectivity index (χ4n) is 2.48. The van der Waals surface area contributed by atoms with Gasteiger partial charge in [-0.05, 0) is 42.7 Å². The van der Waals surface area contributed by atoms with Gasteiger partial charge in [0.15, 0.2) is 5.88 Å². The van der Waals surface area contributed by atoms with Crippen LogP contribution in [-0.2, 0) is 0 Å². The molecule has 1 aromatic heterocycles. The zero-order chi connectivity index (χ0) is 14.7. The van der Waals surface area contributed by atoms with Crippen LogP contribution in [0.25, 0.3) is 11.6 Å². The van der Waals surface area contributed by atoms with E-state index in [-0.39, 0.29) is 5.82 Å². The van der Waals surface area contributed by atoms with Crippen molar-refractivity contribution in [3.63, 3.8) is 0 Å². The Balaban J connectivity index is 1.85. The van der Waals surface area contributed by atoms with Gasteiger partial charge in [0.25, 0.3) is 0 Å². The van der Waals surface area contributed by atoms with Crippen molar-refractivity contribution in [2.75, 3.05) is 18.0 Å². The van der Waals surface area contributed by atoms with Gasteiger partial charge < -0.3 is 9.32 Å². The van der Waals surface area contributed by atoms with Gasteiger partial charge in [-0.1, -0.05) is 12.1 Å². The summed E-state index contributed by atoms with van der Waals surface area (Å²) < 4.78 is 18.7. The van der Waals surface area contributed by atoms with E-state index in [1.54, 1.807) is 18.2 Å². The molecule has 3 rings (SSSR count). The maximum Gasteiger partial charge on any atom is 0.196 e. The average Bonchev–Trinajstić information content (AvgIpc) is 3.17. The van der Waals surface area contributed by atoms with E-state index in [4.69, 9.17) is 4.42 Å². The van der Waals surface area contributed by atoms with E-state index in [9.17, 15) is 9.65 Å². The highest BCUT2D eigenvalue weighted by Gasteiger charge is 2.15. The first-order chi connectivity index (χ1) is 10.3. The summed E-state index contributed by atoms with van der Waals surface area (Å²) in [6.07, 6.45) is 4.06. The number of furan rings is 1. The van der Waals surface area contributed by atoms with Crippen LogP contribution < -0.4 is 4.90 Å². The highest BCUT2D eigenvalue weighted by molar-refractivity contribution is 5.88. The van der Waals surface area contributed by atoms with Crippen molar-refractivity contribution in [1.82, 2.24) is 0 Å². The van der Waals surface area contributed by atoms with E-state index in [0.717, 1.165) is 19.0 Å². The molecular formula is C17H15FN2O. The highest BCUT2D eigenvalue weighted by atomic mass is 19.1. The second-order valence-corrected chi connectivity index (χ2v) is 5.05. The largest absolute Gasteiger partial charge is 0.441 e. The molecule has 1 saturated heterocycles. The van der Waals surface area contributed by atoms with E-state index in [0.29, 0.717) is 16.9 Å². The van der Waals surface area contributed by atoms with E-state index in [2.05, 4.69) is 11.0 Å². The molecule has 1 aliphatic rings. The molecular weight excluding hydrogens is 267 g/mol. The lowest BCUT2D eigenvalue weighted by Gasteiger charge is -2.12. The third-order valence-corrected chi connectivity index (χ3v) is 3.59. The summed E-state index contributed by atoms with van der Waals surface area (Å²) in [5.41, 5.74) is 1.13. The topological polar surface area (TPSA) is 40.2 Å². The summed E-state index contributed by atoms with van der Waals surface area (Å²) in [7, 11) is 0. The van der Waals surface area contributed by atoms with Gasteiger partial charge in [-0.2, -0.15) is 5.26 Å². The van der Waals surface area contributed by atoms with E-state index >= 15 is 0 Å². The molecule has 0 N–H and O–H groups in total. The lowest BCUT2D eigenvalue weighted by Crippen LogP contribution is -2.16. The number of benzene rings is 1. The molecule has 1 aliphatic heterocycles. The molecule has 0 saturated carbocycles. The average molecular weight is 282 g/mol. The van der Waals surface area contributed by atoms with Crippen LogP contribution in [0.3, 0.4) is 0 Å². The van der Waals surface area contributed by atoms with Gasteiger partial charge in [-0.3, -0.25) is 0 Å². The Hall–Kier alpha value is -2.54. The minimum absolute atomic E-state index is 0.314. The lowest BCUT2D eigenvalue weighted by atomic mass is 10.1. The smallest absolute Gasteiger partial charge is 0.196 e. The van der Waals surface area contributed by atoms with Crippen molar-refractivity contribution >= 4 is 17.5 Å². The normalized spacial score (nSPS) is 15.2. The number of nitriles is 1. The van der Waals surface area contributed by atoms with Gasteiger partial charge in [-0.25, -0.2) is 4.39 Å². The summed E-state index contributed by atoms with van der Waals surface area (Å²) in [4.78, 5) is 2.20. The van der Waals surface area contributed by atoms with Crippen LogP contribution in [0.2, 0.25) is 0 Å². The molecule has 21 heavy (non-hydrogen) atoms. The SMILES string of the molecule is N#C/C(=C/c1ccc(N2CCCC2)o1)c1ccc(F)cc1. The Morgan fingerprint density at radius 2 is 1.86 bits per heavy atom. The monoisotopic (exact) mass is 282 g/mol. The first-order valence-corrected chi connectivity index (χ1v) is 6.99. The molecule has 0 amide bonds. The van der Waals surface area contributed by atoms with Crippen LogP contribution in [0.5, 0.6) is 0 Å². The van der Waals surface area contributed by atoms with Crippen molar-refractivity contribution in [3.05, 3.63) is 53.5 Å². The Labute approximate surface area is 122 Å². The number of anilines is 1. The van der Waals surface area contributed by atoms with Crippen molar-refractivity contribution in [2.24, 2.45) is 0 Å². The Morgan fingerprint density at radius 1 is 1.14 bits per heavy atom. The molecule has 0 unspecified atom stereocenters. The molecule has 0 radical (unpaired) electrons. The number of allylic oxidation sites excluding steroid dienone is 1. The second kappa shape index (κ2) is 5.84. The molecule has 0 aliphatic carbocycles. The molecule has 2 heterocycles. The quantitative estimate of drug-likeness (QED) is 0.796. The maximum atomic E-state index is 12.9. The summed E-state index contributed by atoms with van der Waals surface area (Å²) in [6.45, 7) is 2.03. The fourth-order valence-corrected chi connectivity index (χ4v) is 2.48. The number of halogens is 1. The molecule has 1 aromatic carbocycles. The first kappa shape index (κ1) is 13.4. The molecule has 0 atom stereocenters. The number of nitrogens with zero attached hydrogens (tertiary/aromatic N) is 2. The zero-order valence-corrected chi connectivity index (χ0v) is 11.6. The van der Waals surface area contributed by atoms with Crippen LogP contribution >= 0.6 is 0 Å². The standard InChI is InChI=1S/C17H15FN2O/c18-15-5-3-13(4-6-15)14(12-19)11-16-7-8-17(21-16)20-9-1-2-10-20/h3-8,11H,1-2,9-10H2/b14-11-. The number of rotatable bonds is 3.